The molecular weight excluding hydrogens is 512 g/mol. The first-order chi connectivity index (χ1) is 18.5. The lowest BCUT2D eigenvalue weighted by molar-refractivity contribution is 0.355. The molecule has 9 nitrogen and oxygen atoms in total. The second-order valence-corrected chi connectivity index (χ2v) is 12.9. The van der Waals surface area contributed by atoms with Gasteiger partial charge in [0.25, 0.3) is 0 Å². The van der Waals surface area contributed by atoms with Gasteiger partial charge in [-0.1, -0.05) is 67.6 Å². The van der Waals surface area contributed by atoms with Gasteiger partial charge in [-0.05, 0) is 56.4 Å². The highest BCUT2D eigenvalue weighted by Gasteiger charge is 2.30. The minimum absolute atomic E-state index is 0.197. The van der Waals surface area contributed by atoms with E-state index >= 15 is 0 Å². The van der Waals surface area contributed by atoms with E-state index in [2.05, 4.69) is 39.6 Å². The zero-order valence-corrected chi connectivity index (χ0v) is 23.8. The maximum Gasteiger partial charge on any atom is 0.248 e. The average molecular weight is 549 g/mol. The van der Waals surface area contributed by atoms with Crippen LogP contribution >= 0.6 is 0 Å². The Hall–Kier alpha value is -3.76. The van der Waals surface area contributed by atoms with Gasteiger partial charge < -0.3 is 15.5 Å². The SMILES string of the molecule is CC(CNc1cc(-c2nnc([C@](C)(N)Cc3ccccc3)o2)cc(N(C)S(=O)(=O)C(C)C)n1)c1ccccc1. The molecule has 2 aromatic heterocycles. The number of hydrogen-bond acceptors (Lipinski definition) is 8. The molecule has 0 aliphatic heterocycles. The molecule has 0 bridgehead atoms. The average Bonchev–Trinajstić information content (AvgIpc) is 3.43. The Morgan fingerprint density at radius 3 is 2.28 bits per heavy atom. The fraction of sp³-hybridized carbons (Fsp3) is 0.345. The highest BCUT2D eigenvalue weighted by Crippen LogP contribution is 2.30. The number of nitrogens with two attached hydrogens (primary N) is 1. The third kappa shape index (κ3) is 6.63. The van der Waals surface area contributed by atoms with Gasteiger partial charge in [-0.3, -0.25) is 4.31 Å². The van der Waals surface area contributed by atoms with Crippen molar-refractivity contribution in [1.82, 2.24) is 15.2 Å². The zero-order chi connectivity index (χ0) is 28.2. The van der Waals surface area contributed by atoms with E-state index in [0.717, 1.165) is 5.56 Å². The van der Waals surface area contributed by atoms with Gasteiger partial charge in [0.1, 0.15) is 11.6 Å². The Labute approximate surface area is 230 Å². The highest BCUT2D eigenvalue weighted by atomic mass is 32.2. The van der Waals surface area contributed by atoms with Crippen molar-refractivity contribution in [2.24, 2.45) is 5.73 Å². The van der Waals surface area contributed by atoms with Gasteiger partial charge in [0.2, 0.25) is 21.8 Å². The lowest BCUT2D eigenvalue weighted by atomic mass is 9.94. The first-order valence-corrected chi connectivity index (χ1v) is 14.4. The van der Waals surface area contributed by atoms with E-state index in [9.17, 15) is 8.42 Å². The Morgan fingerprint density at radius 1 is 1.00 bits per heavy atom. The van der Waals surface area contributed by atoms with Gasteiger partial charge in [0.15, 0.2) is 0 Å². The van der Waals surface area contributed by atoms with Gasteiger partial charge >= 0.3 is 0 Å². The number of nitrogens with zero attached hydrogens (tertiary/aromatic N) is 4. The van der Waals surface area contributed by atoms with E-state index < -0.39 is 20.8 Å². The predicted molar refractivity (Wildman–Crippen MR) is 155 cm³/mol. The van der Waals surface area contributed by atoms with Gasteiger partial charge in [0.05, 0.1) is 10.8 Å². The van der Waals surface area contributed by atoms with Crippen molar-refractivity contribution in [2.75, 3.05) is 23.2 Å². The summed E-state index contributed by atoms with van der Waals surface area (Å²) in [5.74, 6) is 1.46. The van der Waals surface area contributed by atoms with E-state index in [1.807, 2.05) is 55.5 Å². The molecule has 4 rings (SSSR count). The molecular formula is C29H36N6O3S. The van der Waals surface area contributed by atoms with Crippen LogP contribution in [0.15, 0.2) is 77.2 Å². The minimum atomic E-state index is -3.62. The molecule has 0 saturated carbocycles. The number of hydrogen-bond donors (Lipinski definition) is 2. The van der Waals surface area contributed by atoms with Crippen LogP contribution in [0.25, 0.3) is 11.5 Å². The molecule has 0 aliphatic rings. The molecule has 4 aromatic rings. The molecule has 2 heterocycles. The third-order valence-corrected chi connectivity index (χ3v) is 8.79. The lowest BCUT2D eigenvalue weighted by Gasteiger charge is -2.22. The first kappa shape index (κ1) is 28.3. The Kier molecular flexibility index (Phi) is 8.36. The van der Waals surface area contributed by atoms with Crippen molar-refractivity contribution in [1.29, 1.82) is 0 Å². The number of benzene rings is 2. The lowest BCUT2D eigenvalue weighted by Crippen LogP contribution is -2.35. The normalized spacial score (nSPS) is 14.1. The van der Waals surface area contributed by atoms with E-state index in [1.54, 1.807) is 26.0 Å². The molecule has 2 aromatic carbocycles. The van der Waals surface area contributed by atoms with Crippen molar-refractivity contribution in [3.8, 4) is 11.5 Å². The Morgan fingerprint density at radius 2 is 1.64 bits per heavy atom. The molecule has 10 heteroatoms. The van der Waals surface area contributed by atoms with Crippen LogP contribution in [0.3, 0.4) is 0 Å². The summed E-state index contributed by atoms with van der Waals surface area (Å²) in [5, 5.41) is 11.2. The summed E-state index contributed by atoms with van der Waals surface area (Å²) in [6.45, 7) is 7.82. The Balaban J connectivity index is 1.66. The largest absolute Gasteiger partial charge is 0.419 e. The summed E-state index contributed by atoms with van der Waals surface area (Å²) < 4.78 is 33.1. The third-order valence-electron chi connectivity index (χ3n) is 6.64. The van der Waals surface area contributed by atoms with Gasteiger partial charge in [-0.25, -0.2) is 13.4 Å². The summed E-state index contributed by atoms with van der Waals surface area (Å²) >= 11 is 0. The number of nitrogens with one attached hydrogen (secondary N) is 1. The molecule has 39 heavy (non-hydrogen) atoms. The number of anilines is 2. The summed E-state index contributed by atoms with van der Waals surface area (Å²) in [7, 11) is -2.12. The molecule has 206 valence electrons. The predicted octanol–water partition coefficient (Wildman–Crippen LogP) is 4.94. The van der Waals surface area contributed by atoms with Crippen LogP contribution < -0.4 is 15.4 Å². The molecule has 2 atom stereocenters. The Bertz CT molecular complexity index is 1490. The molecule has 0 spiro atoms. The number of rotatable bonds is 11. The summed E-state index contributed by atoms with van der Waals surface area (Å²) in [4.78, 5) is 4.61. The molecule has 3 N–H and O–H groups in total. The van der Waals surface area contributed by atoms with Crippen LogP contribution in [0.5, 0.6) is 0 Å². The molecule has 0 amide bonds. The van der Waals surface area contributed by atoms with Crippen molar-refractivity contribution >= 4 is 21.7 Å². The van der Waals surface area contributed by atoms with Crippen LogP contribution in [0.1, 0.15) is 50.6 Å². The van der Waals surface area contributed by atoms with E-state index in [-0.39, 0.29) is 23.5 Å². The quantitative estimate of drug-likeness (QED) is 0.270. The molecule has 0 fully saturated rings. The van der Waals surface area contributed by atoms with Crippen molar-refractivity contribution in [2.45, 2.75) is 50.8 Å². The fourth-order valence-electron chi connectivity index (χ4n) is 4.16. The molecule has 0 saturated heterocycles. The van der Waals surface area contributed by atoms with E-state index in [4.69, 9.17) is 10.2 Å². The zero-order valence-electron chi connectivity index (χ0n) is 23.0. The van der Waals surface area contributed by atoms with Crippen molar-refractivity contribution < 1.29 is 12.8 Å². The van der Waals surface area contributed by atoms with Crippen LogP contribution in [0, 0.1) is 0 Å². The monoisotopic (exact) mass is 548 g/mol. The van der Waals surface area contributed by atoms with Gasteiger partial charge in [-0.15, -0.1) is 10.2 Å². The number of pyridine rings is 1. The second kappa shape index (κ2) is 11.5. The maximum absolute atomic E-state index is 12.9. The van der Waals surface area contributed by atoms with Gasteiger partial charge in [-0.2, -0.15) is 0 Å². The van der Waals surface area contributed by atoms with Crippen LogP contribution in [0.2, 0.25) is 0 Å². The standard InChI is InChI=1S/C29H36N6O3S/c1-20(2)39(36,37)35(5)26-17-24(16-25(32-26)31-19-21(3)23-14-10-7-11-15-23)27-33-34-28(38-27)29(4,30)18-22-12-8-6-9-13-22/h6-17,20-21H,18-19,30H2,1-5H3,(H,31,32)/t21?,29-/m1/s1. The number of sulfonamides is 1. The van der Waals surface area contributed by atoms with Crippen LogP contribution in [-0.4, -0.2) is 42.4 Å². The fourth-order valence-corrected chi connectivity index (χ4v) is 5.15. The topological polar surface area (TPSA) is 127 Å². The number of aromatic nitrogens is 3. The molecule has 0 radical (unpaired) electrons. The van der Waals surface area contributed by atoms with Crippen molar-refractivity contribution in [3.63, 3.8) is 0 Å². The van der Waals surface area contributed by atoms with Crippen LogP contribution in [-0.2, 0) is 22.0 Å². The van der Waals surface area contributed by atoms with E-state index in [0.29, 0.717) is 24.3 Å². The molecule has 1 unspecified atom stereocenters. The maximum atomic E-state index is 12.9. The summed E-state index contributed by atoms with van der Waals surface area (Å²) in [5.41, 5.74) is 8.46. The van der Waals surface area contributed by atoms with Crippen molar-refractivity contribution in [3.05, 3.63) is 89.8 Å². The smallest absolute Gasteiger partial charge is 0.248 e. The van der Waals surface area contributed by atoms with Gasteiger partial charge in [0, 0.05) is 19.2 Å². The second-order valence-electron chi connectivity index (χ2n) is 10.3. The van der Waals surface area contributed by atoms with Crippen LogP contribution in [0.4, 0.5) is 11.6 Å². The highest BCUT2D eigenvalue weighted by molar-refractivity contribution is 7.93. The summed E-state index contributed by atoms with van der Waals surface area (Å²) in [6.07, 6.45) is 0.511. The van der Waals surface area contributed by atoms with E-state index in [1.165, 1.54) is 16.9 Å². The minimum Gasteiger partial charge on any atom is -0.419 e. The summed E-state index contributed by atoms with van der Waals surface area (Å²) in [6, 6.07) is 23.4. The first-order valence-electron chi connectivity index (χ1n) is 12.9. The molecule has 0 aliphatic carbocycles.